The van der Waals surface area contributed by atoms with Gasteiger partial charge in [0.15, 0.2) is 0 Å². The fraction of sp³-hybridized carbons (Fsp3) is 0.438. The average molecular weight is 334 g/mol. The van der Waals surface area contributed by atoms with Crippen LogP contribution in [0.4, 0.5) is 0 Å². The minimum Gasteiger partial charge on any atom is -0.321 e. The normalized spacial score (nSPS) is 18.1. The van der Waals surface area contributed by atoms with E-state index >= 15 is 0 Å². The highest BCUT2D eigenvalue weighted by molar-refractivity contribution is 9.10. The van der Waals surface area contributed by atoms with Gasteiger partial charge in [-0.25, -0.2) is 4.98 Å². The van der Waals surface area contributed by atoms with Crippen LogP contribution in [-0.4, -0.2) is 9.55 Å². The summed E-state index contributed by atoms with van der Waals surface area (Å²) in [7, 11) is 0. The van der Waals surface area contributed by atoms with Crippen LogP contribution in [0.1, 0.15) is 43.5 Å². The van der Waals surface area contributed by atoms with Crippen molar-refractivity contribution in [2.24, 2.45) is 5.73 Å². The molecule has 3 nitrogen and oxygen atoms in total. The molecule has 0 saturated heterocycles. The molecule has 20 heavy (non-hydrogen) atoms. The predicted molar refractivity (Wildman–Crippen MR) is 85.0 cm³/mol. The number of halogens is 1. The Labute approximate surface area is 128 Å². The van der Waals surface area contributed by atoms with Gasteiger partial charge in [0.1, 0.15) is 5.82 Å². The van der Waals surface area contributed by atoms with Crippen molar-refractivity contribution in [2.45, 2.75) is 44.6 Å². The zero-order valence-electron chi connectivity index (χ0n) is 11.8. The van der Waals surface area contributed by atoms with Crippen LogP contribution in [0, 0.1) is 6.92 Å². The molecule has 1 saturated carbocycles. The molecule has 1 aromatic heterocycles. The molecule has 0 atom stereocenters. The lowest BCUT2D eigenvalue weighted by atomic mass is 9.77. The van der Waals surface area contributed by atoms with E-state index in [2.05, 4.69) is 43.7 Å². The van der Waals surface area contributed by atoms with E-state index in [0.29, 0.717) is 0 Å². The van der Waals surface area contributed by atoms with Gasteiger partial charge in [0.05, 0.1) is 5.69 Å². The maximum atomic E-state index is 6.61. The summed E-state index contributed by atoms with van der Waals surface area (Å²) in [5.74, 6) is 0.985. The van der Waals surface area contributed by atoms with Crippen molar-refractivity contribution in [2.75, 3.05) is 0 Å². The summed E-state index contributed by atoms with van der Waals surface area (Å²) < 4.78 is 3.16. The minimum absolute atomic E-state index is 0.150. The number of aromatic nitrogens is 2. The Kier molecular flexibility index (Phi) is 3.69. The van der Waals surface area contributed by atoms with Crippen molar-refractivity contribution in [3.8, 4) is 5.69 Å². The first-order valence-electron chi connectivity index (χ1n) is 7.19. The highest BCUT2D eigenvalue weighted by Gasteiger charge is 2.29. The van der Waals surface area contributed by atoms with Gasteiger partial charge in [-0.15, -0.1) is 0 Å². The van der Waals surface area contributed by atoms with Gasteiger partial charge < -0.3 is 10.3 Å². The van der Waals surface area contributed by atoms with Crippen LogP contribution < -0.4 is 5.73 Å². The van der Waals surface area contributed by atoms with Crippen LogP contribution in [0.3, 0.4) is 0 Å². The molecule has 2 N–H and O–H groups in total. The summed E-state index contributed by atoms with van der Waals surface area (Å²) in [6, 6.07) is 6.49. The molecule has 0 aliphatic heterocycles. The van der Waals surface area contributed by atoms with Gasteiger partial charge in [0.2, 0.25) is 0 Å². The Hall–Kier alpha value is -1.13. The summed E-state index contributed by atoms with van der Waals surface area (Å²) in [6.07, 6.45) is 9.75. The topological polar surface area (TPSA) is 43.8 Å². The van der Waals surface area contributed by atoms with Crippen molar-refractivity contribution in [3.63, 3.8) is 0 Å². The van der Waals surface area contributed by atoms with E-state index in [9.17, 15) is 0 Å². The first-order valence-corrected chi connectivity index (χ1v) is 7.99. The maximum absolute atomic E-state index is 6.61. The zero-order chi connectivity index (χ0) is 14.2. The number of aryl methyl sites for hydroxylation is 1. The van der Waals surface area contributed by atoms with Crippen molar-refractivity contribution < 1.29 is 0 Å². The molecule has 1 aliphatic rings. The molecule has 4 heteroatoms. The second-order valence-electron chi connectivity index (χ2n) is 5.73. The fourth-order valence-electron chi connectivity index (χ4n) is 3.12. The summed E-state index contributed by atoms with van der Waals surface area (Å²) >= 11 is 3.69. The van der Waals surface area contributed by atoms with E-state index in [4.69, 9.17) is 5.73 Å². The molecule has 0 spiro atoms. The molecule has 0 radical (unpaired) electrons. The molecule has 1 heterocycles. The fourth-order valence-corrected chi connectivity index (χ4v) is 3.69. The predicted octanol–water partition coefficient (Wildman–Crippen LogP) is 4.06. The van der Waals surface area contributed by atoms with Crippen molar-refractivity contribution >= 4 is 15.9 Å². The van der Waals surface area contributed by atoms with Crippen molar-refractivity contribution in [3.05, 3.63) is 46.5 Å². The van der Waals surface area contributed by atoms with Crippen LogP contribution >= 0.6 is 15.9 Å². The minimum atomic E-state index is -0.150. The molecular weight excluding hydrogens is 314 g/mol. The smallest absolute Gasteiger partial charge is 0.110 e. The third-order valence-electron chi connectivity index (χ3n) is 4.35. The van der Waals surface area contributed by atoms with Gasteiger partial charge in [-0.3, -0.25) is 0 Å². The van der Waals surface area contributed by atoms with Crippen molar-refractivity contribution in [1.29, 1.82) is 0 Å². The molecule has 0 unspecified atom stereocenters. The Morgan fingerprint density at radius 2 is 2.00 bits per heavy atom. The van der Waals surface area contributed by atoms with Crippen LogP contribution in [0.2, 0.25) is 0 Å². The van der Waals surface area contributed by atoms with Crippen LogP contribution in [0.25, 0.3) is 5.69 Å². The Bertz CT molecular complexity index is 612. The van der Waals surface area contributed by atoms with Crippen LogP contribution in [0.15, 0.2) is 35.1 Å². The molecule has 2 aromatic rings. The van der Waals surface area contributed by atoms with E-state index < -0.39 is 0 Å². The number of nitrogens with two attached hydrogens (primary N) is 1. The summed E-state index contributed by atoms with van der Waals surface area (Å²) in [6.45, 7) is 2.01. The van der Waals surface area contributed by atoms with E-state index in [1.54, 1.807) is 0 Å². The largest absolute Gasteiger partial charge is 0.321 e. The van der Waals surface area contributed by atoms with Gasteiger partial charge in [0.25, 0.3) is 0 Å². The number of rotatable bonds is 2. The van der Waals surface area contributed by atoms with Gasteiger partial charge >= 0.3 is 0 Å². The Morgan fingerprint density at radius 3 is 2.60 bits per heavy atom. The standard InChI is InChI=1S/C16H20BrN3/c1-12-19-9-10-20(12)15-6-5-13(11-14(15)17)16(18)7-3-2-4-8-16/h5-6,9-11H,2-4,7-8,18H2,1H3. The van der Waals surface area contributed by atoms with E-state index in [1.807, 2.05) is 19.3 Å². The zero-order valence-corrected chi connectivity index (χ0v) is 13.4. The van der Waals surface area contributed by atoms with E-state index in [1.165, 1.54) is 24.8 Å². The number of benzene rings is 1. The van der Waals surface area contributed by atoms with E-state index in [0.717, 1.165) is 28.8 Å². The van der Waals surface area contributed by atoms with Gasteiger partial charge in [-0.05, 0) is 53.4 Å². The van der Waals surface area contributed by atoms with Crippen molar-refractivity contribution in [1.82, 2.24) is 9.55 Å². The lowest BCUT2D eigenvalue weighted by molar-refractivity contribution is 0.302. The molecule has 0 bridgehead atoms. The lowest BCUT2D eigenvalue weighted by Crippen LogP contribution is -2.38. The maximum Gasteiger partial charge on any atom is 0.110 e. The SMILES string of the molecule is Cc1nccn1-c1ccc(C2(N)CCCCC2)cc1Br. The summed E-state index contributed by atoms with van der Waals surface area (Å²) in [4.78, 5) is 4.28. The third-order valence-corrected chi connectivity index (χ3v) is 4.99. The molecule has 3 rings (SSSR count). The first kappa shape index (κ1) is 13.8. The highest BCUT2D eigenvalue weighted by Crippen LogP contribution is 2.37. The quantitative estimate of drug-likeness (QED) is 0.900. The van der Waals surface area contributed by atoms with Gasteiger partial charge in [0, 0.05) is 22.4 Å². The number of hydrogen-bond acceptors (Lipinski definition) is 2. The first-order chi connectivity index (χ1) is 9.60. The molecule has 1 aromatic carbocycles. The van der Waals surface area contributed by atoms with E-state index in [-0.39, 0.29) is 5.54 Å². The lowest BCUT2D eigenvalue weighted by Gasteiger charge is -2.34. The molecule has 106 valence electrons. The summed E-state index contributed by atoms with van der Waals surface area (Å²) in [5.41, 5.74) is 8.81. The number of imidazole rings is 1. The van der Waals surface area contributed by atoms with Crippen LogP contribution in [0.5, 0.6) is 0 Å². The molecule has 0 amide bonds. The second kappa shape index (κ2) is 5.34. The van der Waals surface area contributed by atoms with Gasteiger partial charge in [-0.2, -0.15) is 0 Å². The Morgan fingerprint density at radius 1 is 1.25 bits per heavy atom. The molecular formula is C16H20BrN3. The summed E-state index contributed by atoms with van der Waals surface area (Å²) in [5, 5.41) is 0. The number of nitrogens with zero attached hydrogens (tertiary/aromatic N) is 2. The highest BCUT2D eigenvalue weighted by atomic mass is 79.9. The Balaban J connectivity index is 1.97. The molecule has 1 aliphatic carbocycles. The second-order valence-corrected chi connectivity index (χ2v) is 6.58. The van der Waals surface area contributed by atoms with Crippen LogP contribution in [-0.2, 0) is 5.54 Å². The average Bonchev–Trinajstić information content (AvgIpc) is 2.86. The number of hydrogen-bond donors (Lipinski definition) is 1. The third kappa shape index (κ3) is 2.42. The molecule has 1 fully saturated rings. The monoisotopic (exact) mass is 333 g/mol. The van der Waals surface area contributed by atoms with Gasteiger partial charge in [-0.1, -0.05) is 25.3 Å².